The molecule has 0 aromatic carbocycles. The van der Waals surface area contributed by atoms with Gasteiger partial charge in [0.25, 0.3) is 0 Å². The average Bonchev–Trinajstić information content (AvgIpc) is 1.99. The summed E-state index contributed by atoms with van der Waals surface area (Å²) in [5, 5.41) is 8.75. The zero-order chi connectivity index (χ0) is 8.85. The highest BCUT2D eigenvalue weighted by Crippen LogP contribution is 2.15. The van der Waals surface area contributed by atoms with Crippen LogP contribution in [-0.4, -0.2) is 17.5 Å². The van der Waals surface area contributed by atoms with Crippen molar-refractivity contribution >= 4 is 5.78 Å². The Balaban J connectivity index is 3.77. The van der Waals surface area contributed by atoms with Crippen LogP contribution in [-0.2, 0) is 4.79 Å². The van der Waals surface area contributed by atoms with Gasteiger partial charge in [0, 0.05) is 12.5 Å². The molecule has 66 valence electrons. The highest BCUT2D eigenvalue weighted by atomic mass is 16.3. The first-order chi connectivity index (χ1) is 5.11. The molecule has 2 unspecified atom stereocenters. The Bertz CT molecular complexity index is 121. The third kappa shape index (κ3) is 4.14. The van der Waals surface area contributed by atoms with Crippen LogP contribution in [0.5, 0.6) is 0 Å². The van der Waals surface area contributed by atoms with E-state index in [9.17, 15) is 4.79 Å². The maximum atomic E-state index is 10.9. The van der Waals surface area contributed by atoms with Gasteiger partial charge in [0.05, 0.1) is 0 Å². The average molecular weight is 158 g/mol. The van der Waals surface area contributed by atoms with Crippen LogP contribution in [0, 0.1) is 11.8 Å². The van der Waals surface area contributed by atoms with E-state index in [1.54, 1.807) is 6.92 Å². The van der Waals surface area contributed by atoms with E-state index in [2.05, 4.69) is 0 Å². The predicted octanol–water partition coefficient (Wildman–Crippen LogP) is 1.62. The number of carbonyl (C=O) groups excluding carboxylic acids is 1. The normalized spacial score (nSPS) is 16.0. The minimum absolute atomic E-state index is 0.150. The lowest BCUT2D eigenvalue weighted by Crippen LogP contribution is -2.15. The molecule has 0 bridgehead atoms. The first-order valence-corrected chi connectivity index (χ1v) is 4.23. The molecule has 0 aliphatic carbocycles. The second-order valence-corrected chi connectivity index (χ2v) is 3.24. The predicted molar refractivity (Wildman–Crippen MR) is 45.3 cm³/mol. The summed E-state index contributed by atoms with van der Waals surface area (Å²) in [6.07, 6.45) is 1.71. The van der Waals surface area contributed by atoms with Gasteiger partial charge in [-0.25, -0.2) is 0 Å². The van der Waals surface area contributed by atoms with Crippen LogP contribution in [0.15, 0.2) is 0 Å². The van der Waals surface area contributed by atoms with E-state index in [0.717, 1.165) is 12.8 Å². The van der Waals surface area contributed by atoms with E-state index in [-0.39, 0.29) is 24.2 Å². The van der Waals surface area contributed by atoms with E-state index >= 15 is 0 Å². The topological polar surface area (TPSA) is 37.3 Å². The summed E-state index contributed by atoms with van der Waals surface area (Å²) in [6.45, 7) is 5.78. The van der Waals surface area contributed by atoms with Gasteiger partial charge in [-0.15, -0.1) is 0 Å². The van der Waals surface area contributed by atoms with Crippen molar-refractivity contribution in [2.45, 2.75) is 33.6 Å². The second-order valence-electron chi connectivity index (χ2n) is 3.24. The van der Waals surface area contributed by atoms with Crippen LogP contribution in [0.2, 0.25) is 0 Å². The van der Waals surface area contributed by atoms with Gasteiger partial charge in [-0.3, -0.25) is 4.79 Å². The van der Waals surface area contributed by atoms with Crippen molar-refractivity contribution in [3.8, 4) is 0 Å². The SMILES string of the molecule is CCC(CC(C)CO)C(C)=O. The molecule has 0 saturated heterocycles. The zero-order valence-corrected chi connectivity index (χ0v) is 7.63. The first kappa shape index (κ1) is 10.6. The van der Waals surface area contributed by atoms with Crippen LogP contribution < -0.4 is 0 Å². The molecule has 0 fully saturated rings. The Hall–Kier alpha value is -0.370. The number of aliphatic hydroxyl groups excluding tert-OH is 1. The molecule has 0 rings (SSSR count). The number of rotatable bonds is 5. The molecule has 0 aliphatic rings. The van der Waals surface area contributed by atoms with Crippen molar-refractivity contribution in [2.75, 3.05) is 6.61 Å². The number of ketones is 1. The zero-order valence-electron chi connectivity index (χ0n) is 7.63. The van der Waals surface area contributed by atoms with Gasteiger partial charge in [-0.1, -0.05) is 13.8 Å². The molecule has 0 radical (unpaired) electrons. The minimum atomic E-state index is 0.150. The van der Waals surface area contributed by atoms with Crippen molar-refractivity contribution in [2.24, 2.45) is 11.8 Å². The fourth-order valence-corrected chi connectivity index (χ4v) is 1.18. The summed E-state index contributed by atoms with van der Waals surface area (Å²) >= 11 is 0. The fourth-order valence-electron chi connectivity index (χ4n) is 1.18. The Kier molecular flexibility index (Phi) is 5.12. The van der Waals surface area contributed by atoms with Gasteiger partial charge < -0.3 is 5.11 Å². The summed E-state index contributed by atoms with van der Waals surface area (Å²) in [6, 6.07) is 0. The first-order valence-electron chi connectivity index (χ1n) is 4.23. The monoisotopic (exact) mass is 158 g/mol. The van der Waals surface area contributed by atoms with Gasteiger partial charge in [0.1, 0.15) is 5.78 Å². The molecule has 0 amide bonds. The molecule has 2 heteroatoms. The quantitative estimate of drug-likeness (QED) is 0.660. The maximum absolute atomic E-state index is 10.9. The van der Waals surface area contributed by atoms with Gasteiger partial charge in [-0.05, 0) is 25.7 Å². The molecule has 1 N–H and O–H groups in total. The molecule has 11 heavy (non-hydrogen) atoms. The number of carbonyl (C=O) groups is 1. The van der Waals surface area contributed by atoms with Gasteiger partial charge in [0.15, 0.2) is 0 Å². The molecule has 0 aromatic heterocycles. The van der Waals surface area contributed by atoms with E-state index in [1.165, 1.54) is 0 Å². The molecule has 0 spiro atoms. The third-order valence-electron chi connectivity index (χ3n) is 2.07. The number of hydrogen-bond acceptors (Lipinski definition) is 2. The van der Waals surface area contributed by atoms with Gasteiger partial charge in [0.2, 0.25) is 0 Å². The number of hydrogen-bond donors (Lipinski definition) is 1. The number of aliphatic hydroxyl groups is 1. The highest BCUT2D eigenvalue weighted by Gasteiger charge is 2.14. The Morgan fingerprint density at radius 3 is 2.36 bits per heavy atom. The lowest BCUT2D eigenvalue weighted by Gasteiger charge is -2.14. The van der Waals surface area contributed by atoms with Crippen molar-refractivity contribution < 1.29 is 9.90 Å². The van der Waals surface area contributed by atoms with E-state index in [1.807, 2.05) is 13.8 Å². The summed E-state index contributed by atoms with van der Waals surface area (Å²) in [5.41, 5.74) is 0. The van der Waals surface area contributed by atoms with Crippen molar-refractivity contribution in [3.05, 3.63) is 0 Å². The van der Waals surface area contributed by atoms with E-state index < -0.39 is 0 Å². The smallest absolute Gasteiger partial charge is 0.132 e. The summed E-state index contributed by atoms with van der Waals surface area (Å²) in [5.74, 6) is 0.647. The van der Waals surface area contributed by atoms with Gasteiger partial charge >= 0.3 is 0 Å². The largest absolute Gasteiger partial charge is 0.396 e. The maximum Gasteiger partial charge on any atom is 0.132 e. The van der Waals surface area contributed by atoms with Gasteiger partial charge in [-0.2, -0.15) is 0 Å². The van der Waals surface area contributed by atoms with Crippen LogP contribution in [0.1, 0.15) is 33.6 Å². The fraction of sp³-hybridized carbons (Fsp3) is 0.889. The van der Waals surface area contributed by atoms with Crippen LogP contribution >= 0.6 is 0 Å². The third-order valence-corrected chi connectivity index (χ3v) is 2.07. The number of Topliss-reactive ketones (excluding diaryl/α,β-unsaturated/α-hetero) is 1. The van der Waals surface area contributed by atoms with E-state index in [4.69, 9.17) is 5.11 Å². The summed E-state index contributed by atoms with van der Waals surface area (Å²) < 4.78 is 0. The standard InChI is InChI=1S/C9H18O2/c1-4-9(8(3)11)5-7(2)6-10/h7,9-10H,4-6H2,1-3H3. The Morgan fingerprint density at radius 1 is 1.55 bits per heavy atom. The van der Waals surface area contributed by atoms with Crippen LogP contribution in [0.25, 0.3) is 0 Å². The second kappa shape index (κ2) is 5.30. The lowest BCUT2D eigenvalue weighted by atomic mass is 9.91. The summed E-state index contributed by atoms with van der Waals surface area (Å²) in [7, 11) is 0. The van der Waals surface area contributed by atoms with E-state index in [0.29, 0.717) is 0 Å². The lowest BCUT2D eigenvalue weighted by molar-refractivity contribution is -0.121. The Morgan fingerprint density at radius 2 is 2.09 bits per heavy atom. The van der Waals surface area contributed by atoms with Crippen molar-refractivity contribution in [1.29, 1.82) is 0 Å². The van der Waals surface area contributed by atoms with Crippen molar-refractivity contribution in [3.63, 3.8) is 0 Å². The molecule has 0 saturated carbocycles. The highest BCUT2D eigenvalue weighted by molar-refractivity contribution is 5.78. The molecule has 2 nitrogen and oxygen atoms in total. The minimum Gasteiger partial charge on any atom is -0.396 e. The molecule has 2 atom stereocenters. The van der Waals surface area contributed by atoms with Crippen molar-refractivity contribution in [1.82, 2.24) is 0 Å². The van der Waals surface area contributed by atoms with Crippen LogP contribution in [0.3, 0.4) is 0 Å². The summed E-state index contributed by atoms with van der Waals surface area (Å²) in [4.78, 5) is 10.9. The molecular weight excluding hydrogens is 140 g/mol. The van der Waals surface area contributed by atoms with Crippen LogP contribution in [0.4, 0.5) is 0 Å². The molecule has 0 heterocycles. The molecule has 0 aliphatic heterocycles. The Labute approximate surface area is 68.6 Å². The molecular formula is C9H18O2. The molecule has 0 aromatic rings.